The average molecular weight is 323 g/mol. The molecular weight excluding hydrogens is 302 g/mol. The number of carbonyl (C=O) groups excluding carboxylic acids is 3. The molecule has 2 rings (SSSR count). The van der Waals surface area contributed by atoms with Crippen molar-refractivity contribution in [2.75, 3.05) is 14.2 Å². The third kappa shape index (κ3) is 3.55. The van der Waals surface area contributed by atoms with Crippen molar-refractivity contribution in [3.63, 3.8) is 0 Å². The quantitative estimate of drug-likeness (QED) is 0.854. The molecule has 1 aromatic rings. The van der Waals surface area contributed by atoms with E-state index in [9.17, 15) is 14.4 Å². The highest BCUT2D eigenvalue weighted by Crippen LogP contribution is 2.25. The van der Waals surface area contributed by atoms with Crippen LogP contribution in [0.25, 0.3) is 0 Å². The number of hydrogen-bond donors (Lipinski definition) is 1. The monoisotopic (exact) mass is 323 g/mol. The summed E-state index contributed by atoms with van der Waals surface area (Å²) >= 11 is 0. The van der Waals surface area contributed by atoms with E-state index in [2.05, 4.69) is 14.8 Å². The van der Waals surface area contributed by atoms with Crippen molar-refractivity contribution < 1.29 is 28.3 Å². The van der Waals surface area contributed by atoms with Gasteiger partial charge in [-0.05, 0) is 19.8 Å². The fraction of sp³-hybridized carbons (Fsp3) is 0.562. The molecule has 0 saturated heterocycles. The van der Waals surface area contributed by atoms with Crippen LogP contribution < -0.4 is 5.32 Å². The summed E-state index contributed by atoms with van der Waals surface area (Å²) in [6.07, 6.45) is 5.09. The number of ether oxygens (including phenoxy) is 2. The summed E-state index contributed by atoms with van der Waals surface area (Å²) in [6, 6.07) is 0.0672. The van der Waals surface area contributed by atoms with Crippen LogP contribution in [-0.2, 0) is 9.47 Å². The first kappa shape index (κ1) is 17.1. The molecule has 0 spiro atoms. The number of esters is 2. The summed E-state index contributed by atoms with van der Waals surface area (Å²) in [4.78, 5) is 36.4. The van der Waals surface area contributed by atoms with Gasteiger partial charge in [-0.3, -0.25) is 4.79 Å². The van der Waals surface area contributed by atoms with Crippen molar-refractivity contribution in [1.29, 1.82) is 0 Å². The van der Waals surface area contributed by atoms with E-state index in [4.69, 9.17) is 4.42 Å². The average Bonchev–Trinajstić information content (AvgIpc) is 2.91. The molecule has 23 heavy (non-hydrogen) atoms. The van der Waals surface area contributed by atoms with Crippen LogP contribution in [0.15, 0.2) is 4.42 Å². The largest absolute Gasteiger partial charge is 0.465 e. The number of furan rings is 1. The van der Waals surface area contributed by atoms with E-state index in [0.29, 0.717) is 0 Å². The number of rotatable bonds is 4. The molecule has 0 radical (unpaired) electrons. The normalized spacial score (nSPS) is 15.1. The maximum atomic E-state index is 12.6. The van der Waals surface area contributed by atoms with Crippen LogP contribution in [0.1, 0.15) is 69.1 Å². The minimum Gasteiger partial charge on any atom is -0.465 e. The van der Waals surface area contributed by atoms with E-state index >= 15 is 0 Å². The van der Waals surface area contributed by atoms with Crippen LogP contribution in [-0.4, -0.2) is 38.1 Å². The molecule has 0 atom stereocenters. The predicted octanol–water partition coefficient (Wildman–Crippen LogP) is 2.22. The molecule has 1 aliphatic rings. The number of amides is 1. The first-order valence-electron chi connectivity index (χ1n) is 7.60. The van der Waals surface area contributed by atoms with Gasteiger partial charge in [-0.25, -0.2) is 9.59 Å². The van der Waals surface area contributed by atoms with Gasteiger partial charge in [0.1, 0.15) is 11.3 Å². The first-order valence-corrected chi connectivity index (χ1v) is 7.60. The van der Waals surface area contributed by atoms with Gasteiger partial charge in [-0.1, -0.05) is 19.3 Å². The molecule has 0 aliphatic heterocycles. The Hall–Kier alpha value is -2.31. The third-order valence-electron chi connectivity index (χ3n) is 4.01. The summed E-state index contributed by atoms with van der Waals surface area (Å²) in [5.74, 6) is -2.21. The van der Waals surface area contributed by atoms with Gasteiger partial charge >= 0.3 is 11.9 Å². The minimum atomic E-state index is -0.829. The Morgan fingerprint density at radius 2 is 1.61 bits per heavy atom. The molecule has 1 amide bonds. The van der Waals surface area contributed by atoms with Gasteiger partial charge in [0.15, 0.2) is 0 Å². The Kier molecular flexibility index (Phi) is 5.41. The van der Waals surface area contributed by atoms with Crippen molar-refractivity contribution >= 4 is 17.8 Å². The molecule has 1 N–H and O–H groups in total. The highest BCUT2D eigenvalue weighted by atomic mass is 16.5. The van der Waals surface area contributed by atoms with Crippen LogP contribution in [0.3, 0.4) is 0 Å². The lowest BCUT2D eigenvalue weighted by molar-refractivity contribution is 0.0527. The topological polar surface area (TPSA) is 94.8 Å². The third-order valence-corrected chi connectivity index (χ3v) is 4.01. The lowest BCUT2D eigenvalue weighted by atomic mass is 9.95. The van der Waals surface area contributed by atoms with Gasteiger partial charge in [0.2, 0.25) is 5.76 Å². The van der Waals surface area contributed by atoms with Crippen LogP contribution in [0.5, 0.6) is 0 Å². The standard InChI is InChI=1S/C16H21NO6/c1-9-11(14(18)17-10-7-5-4-6-8-10)12(15(19)21-2)13(23-9)16(20)22-3/h10H,4-8H2,1-3H3,(H,17,18). The molecule has 0 aromatic carbocycles. The van der Waals surface area contributed by atoms with Crippen LogP contribution in [0.4, 0.5) is 0 Å². The van der Waals surface area contributed by atoms with Crippen molar-refractivity contribution in [2.24, 2.45) is 0 Å². The SMILES string of the molecule is COC(=O)c1oc(C)c(C(=O)NC2CCCCC2)c1C(=O)OC. The van der Waals surface area contributed by atoms with Gasteiger partial charge in [0.25, 0.3) is 5.91 Å². The molecule has 126 valence electrons. The number of methoxy groups -OCH3 is 2. The van der Waals surface area contributed by atoms with E-state index in [-0.39, 0.29) is 28.7 Å². The Bertz CT molecular complexity index is 612. The van der Waals surface area contributed by atoms with Crippen molar-refractivity contribution in [1.82, 2.24) is 5.32 Å². The Morgan fingerprint density at radius 3 is 2.17 bits per heavy atom. The van der Waals surface area contributed by atoms with Crippen LogP contribution in [0.2, 0.25) is 0 Å². The molecule has 1 aromatic heterocycles. The maximum Gasteiger partial charge on any atom is 0.374 e. The zero-order valence-corrected chi connectivity index (χ0v) is 13.6. The fourth-order valence-electron chi connectivity index (χ4n) is 2.86. The molecule has 1 saturated carbocycles. The van der Waals surface area contributed by atoms with Gasteiger partial charge in [-0.2, -0.15) is 0 Å². The Balaban J connectivity index is 2.35. The van der Waals surface area contributed by atoms with Crippen LogP contribution >= 0.6 is 0 Å². The molecule has 0 unspecified atom stereocenters. The second-order valence-corrected chi connectivity index (χ2v) is 5.53. The molecule has 7 nitrogen and oxygen atoms in total. The summed E-state index contributed by atoms with van der Waals surface area (Å²) in [5.41, 5.74) is -0.159. The van der Waals surface area contributed by atoms with Gasteiger partial charge in [-0.15, -0.1) is 0 Å². The predicted molar refractivity (Wildman–Crippen MR) is 80.5 cm³/mol. The van der Waals surface area contributed by atoms with Gasteiger partial charge in [0, 0.05) is 6.04 Å². The Labute approximate surface area is 134 Å². The summed E-state index contributed by atoms with van der Waals surface area (Å²) in [7, 11) is 2.34. The lowest BCUT2D eigenvalue weighted by Crippen LogP contribution is -2.37. The van der Waals surface area contributed by atoms with Crippen molar-refractivity contribution in [3.05, 3.63) is 22.6 Å². The van der Waals surface area contributed by atoms with Crippen LogP contribution in [0, 0.1) is 6.92 Å². The second kappa shape index (κ2) is 7.30. The van der Waals surface area contributed by atoms with Crippen molar-refractivity contribution in [2.45, 2.75) is 45.1 Å². The Morgan fingerprint density at radius 1 is 1.00 bits per heavy atom. The highest BCUT2D eigenvalue weighted by Gasteiger charge is 2.33. The highest BCUT2D eigenvalue weighted by molar-refractivity contribution is 6.11. The second-order valence-electron chi connectivity index (χ2n) is 5.53. The fourth-order valence-corrected chi connectivity index (χ4v) is 2.86. The van der Waals surface area contributed by atoms with Crippen molar-refractivity contribution in [3.8, 4) is 0 Å². The first-order chi connectivity index (χ1) is 11.0. The molecule has 0 bridgehead atoms. The van der Waals surface area contributed by atoms with Gasteiger partial charge in [0.05, 0.1) is 19.8 Å². The summed E-state index contributed by atoms with van der Waals surface area (Å²) in [6.45, 7) is 1.52. The number of nitrogens with one attached hydrogen (secondary N) is 1. The minimum absolute atomic E-state index is 0.0304. The number of carbonyl (C=O) groups is 3. The summed E-state index contributed by atoms with van der Waals surface area (Å²) in [5, 5.41) is 2.91. The molecule has 7 heteroatoms. The molecule has 1 aliphatic carbocycles. The number of aryl methyl sites for hydroxylation is 1. The lowest BCUT2D eigenvalue weighted by Gasteiger charge is -2.22. The zero-order valence-electron chi connectivity index (χ0n) is 13.6. The zero-order chi connectivity index (χ0) is 17.0. The van der Waals surface area contributed by atoms with E-state index in [0.717, 1.165) is 32.1 Å². The van der Waals surface area contributed by atoms with E-state index in [1.165, 1.54) is 21.1 Å². The number of hydrogen-bond acceptors (Lipinski definition) is 6. The van der Waals surface area contributed by atoms with E-state index < -0.39 is 17.8 Å². The molecular formula is C16H21NO6. The van der Waals surface area contributed by atoms with E-state index in [1.807, 2.05) is 0 Å². The molecule has 1 fully saturated rings. The smallest absolute Gasteiger partial charge is 0.374 e. The van der Waals surface area contributed by atoms with E-state index in [1.54, 1.807) is 0 Å². The maximum absolute atomic E-state index is 12.6. The molecule has 1 heterocycles. The van der Waals surface area contributed by atoms with Gasteiger partial charge < -0.3 is 19.2 Å². The summed E-state index contributed by atoms with van der Waals surface area (Å²) < 4.78 is 14.6.